The van der Waals surface area contributed by atoms with Crippen LogP contribution in [-0.2, 0) is 4.84 Å². The number of nitrogens with zero attached hydrogens (tertiary/aromatic N) is 1. The van der Waals surface area contributed by atoms with Crippen LogP contribution in [0.15, 0.2) is 0 Å². The third-order valence-electron chi connectivity index (χ3n) is 5.37. The molecule has 2 aliphatic carbocycles. The van der Waals surface area contributed by atoms with Crippen LogP contribution in [0.2, 0.25) is 0 Å². The SMILES string of the molecule is CC1(C)[C@H]2CC[C@]13CSN1O[C@@]13C2. The molecular formula is C10H15NOS. The summed E-state index contributed by atoms with van der Waals surface area (Å²) in [4.78, 5) is 5.82. The second-order valence-corrected chi connectivity index (χ2v) is 6.53. The normalized spacial score (nSPS) is 65.1. The van der Waals surface area contributed by atoms with E-state index in [1.165, 1.54) is 25.0 Å². The summed E-state index contributed by atoms with van der Waals surface area (Å²) in [6.45, 7) is 4.93. The molecule has 4 rings (SSSR count). The molecule has 3 heteroatoms. The minimum Gasteiger partial charge on any atom is -0.259 e. The summed E-state index contributed by atoms with van der Waals surface area (Å²) in [5.74, 6) is 2.22. The number of hydrogen-bond acceptors (Lipinski definition) is 3. The van der Waals surface area contributed by atoms with Gasteiger partial charge in [-0.25, -0.2) is 0 Å². The lowest BCUT2D eigenvalue weighted by atomic mass is 9.68. The standard InChI is InChI=1S/C10H15NOS/c1-8(2)7-3-4-9(8)6-13-11-10(9,5-7)12-11/h7H,3-6H2,1-2H3/t7-,9-,10+,11?/m0/s1. The van der Waals surface area contributed by atoms with Crippen molar-refractivity contribution in [2.24, 2.45) is 16.7 Å². The van der Waals surface area contributed by atoms with Crippen molar-refractivity contribution in [1.29, 1.82) is 0 Å². The summed E-state index contributed by atoms with van der Waals surface area (Å²) < 4.78 is 2.19. The average molecular weight is 197 g/mol. The number of rotatable bonds is 0. The highest BCUT2D eigenvalue weighted by Gasteiger charge is 2.84. The zero-order chi connectivity index (χ0) is 8.90. The van der Waals surface area contributed by atoms with Crippen LogP contribution in [0.3, 0.4) is 0 Å². The average Bonchev–Trinajstić information content (AvgIpc) is 2.53. The Hall–Kier alpha value is 0.270. The van der Waals surface area contributed by atoms with Gasteiger partial charge in [0.25, 0.3) is 0 Å². The molecule has 13 heavy (non-hydrogen) atoms. The maximum absolute atomic E-state index is 5.82. The molecule has 0 aromatic heterocycles. The lowest BCUT2D eigenvalue weighted by Crippen LogP contribution is -2.41. The van der Waals surface area contributed by atoms with Crippen molar-refractivity contribution >= 4 is 11.9 Å². The summed E-state index contributed by atoms with van der Waals surface area (Å²) in [5.41, 5.74) is 1.21. The van der Waals surface area contributed by atoms with Crippen molar-refractivity contribution in [2.75, 3.05) is 5.75 Å². The fourth-order valence-corrected chi connectivity index (χ4v) is 5.95. The van der Waals surface area contributed by atoms with E-state index in [2.05, 4.69) is 18.3 Å². The van der Waals surface area contributed by atoms with Gasteiger partial charge in [0.1, 0.15) is 0 Å². The first kappa shape index (κ1) is 7.55. The van der Waals surface area contributed by atoms with E-state index in [0.29, 0.717) is 10.8 Å². The fourth-order valence-electron chi connectivity index (χ4n) is 4.24. The topological polar surface area (TPSA) is 15.5 Å². The van der Waals surface area contributed by atoms with Crippen LogP contribution in [0.1, 0.15) is 33.1 Å². The third-order valence-corrected chi connectivity index (χ3v) is 6.59. The summed E-state index contributed by atoms with van der Waals surface area (Å²) in [6.07, 6.45) is 4.13. The third kappa shape index (κ3) is 0.512. The van der Waals surface area contributed by atoms with Crippen molar-refractivity contribution in [1.82, 2.24) is 4.47 Å². The van der Waals surface area contributed by atoms with Gasteiger partial charge in [0.15, 0.2) is 5.72 Å². The maximum atomic E-state index is 5.82. The van der Waals surface area contributed by atoms with Crippen molar-refractivity contribution in [3.8, 4) is 0 Å². The Kier molecular flexibility index (Phi) is 0.987. The Morgan fingerprint density at radius 1 is 1.46 bits per heavy atom. The molecule has 2 saturated carbocycles. The first-order valence-electron chi connectivity index (χ1n) is 5.25. The van der Waals surface area contributed by atoms with Crippen LogP contribution in [0, 0.1) is 16.7 Å². The van der Waals surface area contributed by atoms with Gasteiger partial charge in [0.2, 0.25) is 0 Å². The zero-order valence-corrected chi connectivity index (χ0v) is 8.99. The molecule has 1 unspecified atom stereocenters. The first-order chi connectivity index (χ1) is 6.12. The molecule has 4 fully saturated rings. The summed E-state index contributed by atoms with van der Waals surface area (Å²) >= 11 is 1.92. The molecule has 2 heterocycles. The van der Waals surface area contributed by atoms with E-state index >= 15 is 0 Å². The minimum atomic E-state index is 0.198. The summed E-state index contributed by atoms with van der Waals surface area (Å²) in [5, 5.41) is 0. The highest BCUT2D eigenvalue weighted by atomic mass is 32.2. The number of fused-ring (bicyclic) bond motifs is 1. The molecule has 0 radical (unpaired) electrons. The lowest BCUT2D eigenvalue weighted by Gasteiger charge is -2.36. The van der Waals surface area contributed by atoms with E-state index in [-0.39, 0.29) is 5.72 Å². The minimum absolute atomic E-state index is 0.198. The van der Waals surface area contributed by atoms with E-state index in [1.54, 1.807) is 0 Å². The lowest BCUT2D eigenvalue weighted by molar-refractivity contribution is 0.0749. The molecule has 72 valence electrons. The molecule has 2 spiro atoms. The van der Waals surface area contributed by atoms with E-state index in [4.69, 9.17) is 4.84 Å². The van der Waals surface area contributed by atoms with Gasteiger partial charge in [-0.1, -0.05) is 18.3 Å². The Morgan fingerprint density at radius 3 is 2.92 bits per heavy atom. The van der Waals surface area contributed by atoms with Crippen LogP contribution in [0.4, 0.5) is 0 Å². The van der Waals surface area contributed by atoms with Crippen LogP contribution in [0.5, 0.6) is 0 Å². The fraction of sp³-hybridized carbons (Fsp3) is 1.00. The summed E-state index contributed by atoms with van der Waals surface area (Å²) in [6, 6.07) is 0. The van der Waals surface area contributed by atoms with Crippen LogP contribution in [-0.4, -0.2) is 15.9 Å². The second-order valence-electron chi connectivity index (χ2n) is 5.65. The van der Waals surface area contributed by atoms with Gasteiger partial charge >= 0.3 is 0 Å². The molecule has 0 amide bonds. The van der Waals surface area contributed by atoms with E-state index < -0.39 is 0 Å². The molecule has 4 atom stereocenters. The smallest absolute Gasteiger partial charge is 0.184 e. The van der Waals surface area contributed by atoms with E-state index in [9.17, 15) is 0 Å². The van der Waals surface area contributed by atoms with Gasteiger partial charge in [-0.2, -0.15) is 0 Å². The molecule has 4 aliphatic rings. The largest absolute Gasteiger partial charge is 0.259 e. The Labute approximate surface area is 83.1 Å². The maximum Gasteiger partial charge on any atom is 0.184 e. The zero-order valence-electron chi connectivity index (χ0n) is 8.17. The van der Waals surface area contributed by atoms with Crippen LogP contribution in [0.25, 0.3) is 0 Å². The molecule has 2 bridgehead atoms. The molecule has 2 aliphatic heterocycles. The second kappa shape index (κ2) is 1.70. The van der Waals surface area contributed by atoms with E-state index in [1.807, 2.05) is 11.9 Å². The van der Waals surface area contributed by atoms with Crippen LogP contribution >= 0.6 is 11.9 Å². The Balaban J connectivity index is 1.95. The summed E-state index contributed by atoms with van der Waals surface area (Å²) in [7, 11) is 0. The van der Waals surface area contributed by atoms with Crippen molar-refractivity contribution < 1.29 is 4.84 Å². The van der Waals surface area contributed by atoms with Gasteiger partial charge < -0.3 is 0 Å². The van der Waals surface area contributed by atoms with Gasteiger partial charge in [0, 0.05) is 11.2 Å². The molecule has 2 nitrogen and oxygen atoms in total. The van der Waals surface area contributed by atoms with Gasteiger partial charge in [-0.15, -0.1) is 0 Å². The molecule has 0 aromatic rings. The number of hydrogen-bond donors (Lipinski definition) is 0. The van der Waals surface area contributed by atoms with E-state index in [0.717, 1.165) is 5.92 Å². The van der Waals surface area contributed by atoms with Crippen molar-refractivity contribution in [2.45, 2.75) is 38.8 Å². The Morgan fingerprint density at radius 2 is 2.31 bits per heavy atom. The van der Waals surface area contributed by atoms with Crippen LogP contribution < -0.4 is 0 Å². The molecular weight excluding hydrogens is 182 g/mol. The molecule has 0 N–H and O–H groups in total. The predicted octanol–water partition coefficient (Wildman–Crippen LogP) is 2.42. The quantitative estimate of drug-likeness (QED) is 0.438. The Bertz CT molecular complexity index is 297. The van der Waals surface area contributed by atoms with Crippen molar-refractivity contribution in [3.05, 3.63) is 0 Å². The van der Waals surface area contributed by atoms with Crippen molar-refractivity contribution in [3.63, 3.8) is 0 Å². The first-order valence-corrected chi connectivity index (χ1v) is 6.19. The van der Waals surface area contributed by atoms with Gasteiger partial charge in [-0.05, 0) is 42.5 Å². The number of hydroxylamine groups is 1. The highest BCUT2D eigenvalue weighted by Crippen LogP contribution is 2.81. The van der Waals surface area contributed by atoms with Gasteiger partial charge in [0.05, 0.1) is 0 Å². The molecule has 0 aromatic carbocycles. The predicted molar refractivity (Wildman–Crippen MR) is 51.7 cm³/mol. The highest BCUT2D eigenvalue weighted by molar-refractivity contribution is 7.97. The van der Waals surface area contributed by atoms with Gasteiger partial charge in [-0.3, -0.25) is 4.84 Å². The molecule has 2 saturated heterocycles. The monoisotopic (exact) mass is 197 g/mol.